The standard InChI is InChI=1S/C13H12FN3O3/c1-7-3-8(5-9(14)4-7)12(18)16-10-6-15-17-11(10)13(19)20-2/h3-6H,1-2H3,(H,15,17)(H,16,18). The number of hydrogen-bond acceptors (Lipinski definition) is 4. The molecule has 1 heterocycles. The van der Waals surface area contributed by atoms with Crippen LogP contribution in [-0.2, 0) is 4.74 Å². The van der Waals surface area contributed by atoms with Gasteiger partial charge in [-0.05, 0) is 30.7 Å². The van der Waals surface area contributed by atoms with Crippen LogP contribution in [0.15, 0.2) is 24.4 Å². The quantitative estimate of drug-likeness (QED) is 0.839. The Balaban J connectivity index is 2.24. The number of esters is 1. The normalized spacial score (nSPS) is 10.2. The van der Waals surface area contributed by atoms with Gasteiger partial charge in [-0.15, -0.1) is 0 Å². The third-order valence-corrected chi connectivity index (χ3v) is 2.58. The van der Waals surface area contributed by atoms with Crippen molar-refractivity contribution in [3.05, 3.63) is 47.0 Å². The third-order valence-electron chi connectivity index (χ3n) is 2.58. The highest BCUT2D eigenvalue weighted by Gasteiger charge is 2.17. The molecule has 0 atom stereocenters. The van der Waals surface area contributed by atoms with E-state index in [-0.39, 0.29) is 16.9 Å². The molecule has 0 fully saturated rings. The predicted molar refractivity (Wildman–Crippen MR) is 69.0 cm³/mol. The maximum absolute atomic E-state index is 13.3. The Morgan fingerprint density at radius 1 is 1.35 bits per heavy atom. The second-order valence-corrected chi connectivity index (χ2v) is 4.12. The molecule has 2 rings (SSSR count). The van der Waals surface area contributed by atoms with Crippen molar-refractivity contribution in [1.29, 1.82) is 0 Å². The topological polar surface area (TPSA) is 84.1 Å². The Hall–Kier alpha value is -2.70. The van der Waals surface area contributed by atoms with Crippen LogP contribution >= 0.6 is 0 Å². The molecule has 104 valence electrons. The number of aryl methyl sites for hydroxylation is 1. The van der Waals surface area contributed by atoms with Crippen LogP contribution in [0.2, 0.25) is 0 Å². The molecular weight excluding hydrogens is 265 g/mol. The summed E-state index contributed by atoms with van der Waals surface area (Å²) in [6.45, 7) is 1.68. The van der Waals surface area contributed by atoms with E-state index < -0.39 is 17.7 Å². The van der Waals surface area contributed by atoms with Crippen LogP contribution in [0.3, 0.4) is 0 Å². The summed E-state index contributed by atoms with van der Waals surface area (Å²) in [5.74, 6) is -1.71. The van der Waals surface area contributed by atoms with Crippen molar-refractivity contribution in [2.24, 2.45) is 0 Å². The van der Waals surface area contributed by atoms with Crippen molar-refractivity contribution in [3.8, 4) is 0 Å². The van der Waals surface area contributed by atoms with E-state index in [0.717, 1.165) is 6.07 Å². The Morgan fingerprint density at radius 2 is 2.10 bits per heavy atom. The molecule has 0 unspecified atom stereocenters. The molecule has 0 saturated carbocycles. The van der Waals surface area contributed by atoms with E-state index in [1.165, 1.54) is 25.4 Å². The Morgan fingerprint density at radius 3 is 2.75 bits per heavy atom. The van der Waals surface area contributed by atoms with Gasteiger partial charge in [0, 0.05) is 5.56 Å². The van der Waals surface area contributed by atoms with Crippen LogP contribution in [0.25, 0.3) is 0 Å². The number of rotatable bonds is 3. The van der Waals surface area contributed by atoms with Gasteiger partial charge in [-0.1, -0.05) is 0 Å². The minimum absolute atomic E-state index is 0.0222. The van der Waals surface area contributed by atoms with Gasteiger partial charge in [0.25, 0.3) is 5.91 Å². The lowest BCUT2D eigenvalue weighted by Crippen LogP contribution is -2.15. The molecule has 2 aromatic rings. The van der Waals surface area contributed by atoms with Crippen molar-refractivity contribution < 1.29 is 18.7 Å². The number of hydrogen-bond donors (Lipinski definition) is 2. The zero-order valence-corrected chi connectivity index (χ0v) is 10.9. The third kappa shape index (κ3) is 2.82. The smallest absolute Gasteiger partial charge is 0.358 e. The summed E-state index contributed by atoms with van der Waals surface area (Å²) in [6.07, 6.45) is 1.27. The number of amides is 1. The molecule has 20 heavy (non-hydrogen) atoms. The number of benzene rings is 1. The molecule has 0 aliphatic rings. The zero-order valence-electron chi connectivity index (χ0n) is 10.9. The predicted octanol–water partition coefficient (Wildman–Crippen LogP) is 1.90. The van der Waals surface area contributed by atoms with Crippen LogP contribution < -0.4 is 5.32 Å². The summed E-state index contributed by atoms with van der Waals surface area (Å²) < 4.78 is 17.8. The number of halogens is 1. The largest absolute Gasteiger partial charge is 0.464 e. The fourth-order valence-electron chi connectivity index (χ4n) is 1.70. The first-order chi connectivity index (χ1) is 9.51. The zero-order chi connectivity index (χ0) is 14.7. The van der Waals surface area contributed by atoms with E-state index in [2.05, 4.69) is 20.3 Å². The van der Waals surface area contributed by atoms with Crippen LogP contribution in [-0.4, -0.2) is 29.2 Å². The summed E-state index contributed by atoms with van der Waals surface area (Å²) in [4.78, 5) is 23.4. The minimum Gasteiger partial charge on any atom is -0.464 e. The van der Waals surface area contributed by atoms with E-state index in [0.29, 0.717) is 5.56 Å². The highest BCUT2D eigenvalue weighted by Crippen LogP contribution is 2.15. The van der Waals surface area contributed by atoms with Crippen LogP contribution in [0.1, 0.15) is 26.4 Å². The number of nitrogens with one attached hydrogen (secondary N) is 2. The van der Waals surface area contributed by atoms with Crippen molar-refractivity contribution in [3.63, 3.8) is 0 Å². The van der Waals surface area contributed by atoms with Gasteiger partial charge in [-0.3, -0.25) is 9.89 Å². The molecule has 0 bridgehead atoms. The molecule has 1 amide bonds. The van der Waals surface area contributed by atoms with Gasteiger partial charge >= 0.3 is 5.97 Å². The van der Waals surface area contributed by atoms with E-state index in [4.69, 9.17) is 0 Å². The molecule has 1 aromatic heterocycles. The number of H-pyrrole nitrogens is 1. The fraction of sp³-hybridized carbons (Fsp3) is 0.154. The number of aromatic amines is 1. The first-order valence-electron chi connectivity index (χ1n) is 5.71. The van der Waals surface area contributed by atoms with Gasteiger partial charge in [0.05, 0.1) is 19.0 Å². The number of carbonyl (C=O) groups excluding carboxylic acids is 2. The van der Waals surface area contributed by atoms with Crippen molar-refractivity contribution in [2.75, 3.05) is 12.4 Å². The number of aromatic nitrogens is 2. The lowest BCUT2D eigenvalue weighted by molar-refractivity contribution is 0.0595. The Kier molecular flexibility index (Phi) is 3.79. The van der Waals surface area contributed by atoms with E-state index >= 15 is 0 Å². The molecule has 2 N–H and O–H groups in total. The fourth-order valence-corrected chi connectivity index (χ4v) is 1.70. The molecule has 0 saturated heterocycles. The monoisotopic (exact) mass is 277 g/mol. The van der Waals surface area contributed by atoms with Gasteiger partial charge < -0.3 is 10.1 Å². The number of carbonyl (C=O) groups is 2. The SMILES string of the molecule is COC(=O)c1[nH]ncc1NC(=O)c1cc(C)cc(F)c1. The summed E-state index contributed by atoms with van der Waals surface area (Å²) in [5.41, 5.74) is 0.966. The Labute approximate surface area is 113 Å². The number of anilines is 1. The molecule has 6 nitrogen and oxygen atoms in total. The lowest BCUT2D eigenvalue weighted by Gasteiger charge is -2.06. The van der Waals surface area contributed by atoms with E-state index in [1.807, 2.05) is 0 Å². The molecule has 0 aliphatic heterocycles. The number of nitrogens with zero attached hydrogens (tertiary/aromatic N) is 1. The van der Waals surface area contributed by atoms with Gasteiger partial charge in [0.2, 0.25) is 0 Å². The first kappa shape index (κ1) is 13.7. The van der Waals surface area contributed by atoms with Crippen LogP contribution in [0, 0.1) is 12.7 Å². The highest BCUT2D eigenvalue weighted by molar-refractivity contribution is 6.07. The molecule has 0 aliphatic carbocycles. The average Bonchev–Trinajstić information content (AvgIpc) is 2.84. The van der Waals surface area contributed by atoms with Crippen LogP contribution in [0.5, 0.6) is 0 Å². The van der Waals surface area contributed by atoms with Gasteiger partial charge in [0.1, 0.15) is 5.82 Å². The summed E-state index contributed by atoms with van der Waals surface area (Å²) in [5, 5.41) is 8.56. The van der Waals surface area contributed by atoms with Crippen molar-refractivity contribution in [2.45, 2.75) is 6.92 Å². The lowest BCUT2D eigenvalue weighted by atomic mass is 10.1. The number of methoxy groups -OCH3 is 1. The van der Waals surface area contributed by atoms with E-state index in [1.54, 1.807) is 6.92 Å². The maximum Gasteiger partial charge on any atom is 0.358 e. The molecular formula is C13H12FN3O3. The average molecular weight is 277 g/mol. The second-order valence-electron chi connectivity index (χ2n) is 4.12. The second kappa shape index (κ2) is 5.52. The maximum atomic E-state index is 13.3. The van der Waals surface area contributed by atoms with Crippen LogP contribution in [0.4, 0.5) is 10.1 Å². The minimum atomic E-state index is -0.659. The summed E-state index contributed by atoms with van der Waals surface area (Å²) in [6, 6.07) is 3.96. The van der Waals surface area contributed by atoms with Crippen molar-refractivity contribution in [1.82, 2.24) is 10.2 Å². The van der Waals surface area contributed by atoms with Gasteiger partial charge in [0.15, 0.2) is 5.69 Å². The highest BCUT2D eigenvalue weighted by atomic mass is 19.1. The Bertz CT molecular complexity index is 646. The molecule has 0 radical (unpaired) electrons. The number of ether oxygens (including phenoxy) is 1. The molecule has 7 heteroatoms. The van der Waals surface area contributed by atoms with Gasteiger partial charge in [-0.25, -0.2) is 9.18 Å². The van der Waals surface area contributed by atoms with E-state index in [9.17, 15) is 14.0 Å². The van der Waals surface area contributed by atoms with Crippen molar-refractivity contribution >= 4 is 17.6 Å². The summed E-state index contributed by atoms with van der Waals surface area (Å²) in [7, 11) is 1.21. The van der Waals surface area contributed by atoms with Gasteiger partial charge in [-0.2, -0.15) is 5.10 Å². The first-order valence-corrected chi connectivity index (χ1v) is 5.71. The molecule has 0 spiro atoms. The molecule has 1 aromatic carbocycles. The summed E-state index contributed by atoms with van der Waals surface area (Å²) >= 11 is 0.